The molecule has 1 aliphatic rings. The number of hydrogen-bond acceptors (Lipinski definition) is 2. The zero-order valence-corrected chi connectivity index (χ0v) is 9.96. The van der Waals surface area contributed by atoms with E-state index in [1.165, 1.54) is 19.3 Å². The number of amides is 1. The average Bonchev–Trinajstić information content (AvgIpc) is 2.16. The Hall–Kier alpha value is -0.900. The Morgan fingerprint density at radius 3 is 3.00 bits per heavy atom. The standard InChI is InChI=1S/C11H13BrN2O/c12-9-7-13-5-4-10(9)14-11(15)6-8-2-1-3-8/h4-5,7-8H,1-3,6H2,(H,13,14,15). The second-order valence-electron chi connectivity index (χ2n) is 3.90. The van der Waals surface area contributed by atoms with E-state index < -0.39 is 0 Å². The largest absolute Gasteiger partial charge is 0.325 e. The van der Waals surface area contributed by atoms with Gasteiger partial charge in [-0.1, -0.05) is 6.42 Å². The third-order valence-corrected chi connectivity index (χ3v) is 3.38. The van der Waals surface area contributed by atoms with Crippen molar-refractivity contribution in [3.8, 4) is 0 Å². The second-order valence-corrected chi connectivity index (χ2v) is 4.76. The number of rotatable bonds is 3. The number of anilines is 1. The van der Waals surface area contributed by atoms with E-state index in [2.05, 4.69) is 26.2 Å². The van der Waals surface area contributed by atoms with Gasteiger partial charge in [0.15, 0.2) is 0 Å². The van der Waals surface area contributed by atoms with Crippen molar-refractivity contribution in [1.82, 2.24) is 4.98 Å². The summed E-state index contributed by atoms with van der Waals surface area (Å²) in [6.07, 6.45) is 7.67. The first-order valence-corrected chi connectivity index (χ1v) is 5.94. The molecule has 15 heavy (non-hydrogen) atoms. The Morgan fingerprint density at radius 1 is 1.60 bits per heavy atom. The summed E-state index contributed by atoms with van der Waals surface area (Å²) in [5.41, 5.74) is 0.800. The molecule has 0 saturated heterocycles. The number of nitrogens with zero attached hydrogens (tertiary/aromatic N) is 1. The molecule has 3 nitrogen and oxygen atoms in total. The molecule has 1 amide bonds. The molecule has 0 unspecified atom stereocenters. The highest BCUT2D eigenvalue weighted by Gasteiger charge is 2.20. The molecule has 1 aromatic heterocycles. The van der Waals surface area contributed by atoms with Crippen LogP contribution < -0.4 is 5.32 Å². The molecule has 80 valence electrons. The lowest BCUT2D eigenvalue weighted by atomic mass is 9.83. The summed E-state index contributed by atoms with van der Waals surface area (Å²) in [4.78, 5) is 15.6. The van der Waals surface area contributed by atoms with Gasteiger partial charge in [0, 0.05) is 18.8 Å². The van der Waals surface area contributed by atoms with Crippen molar-refractivity contribution < 1.29 is 4.79 Å². The molecule has 1 saturated carbocycles. The molecule has 0 aromatic carbocycles. The molecule has 1 fully saturated rings. The molecular weight excluding hydrogens is 256 g/mol. The van der Waals surface area contributed by atoms with Crippen molar-refractivity contribution in [1.29, 1.82) is 0 Å². The topological polar surface area (TPSA) is 42.0 Å². The molecule has 2 rings (SSSR count). The van der Waals surface area contributed by atoms with Crippen molar-refractivity contribution in [2.75, 3.05) is 5.32 Å². The molecule has 1 aromatic rings. The molecule has 4 heteroatoms. The van der Waals surface area contributed by atoms with E-state index in [0.717, 1.165) is 10.2 Å². The average molecular weight is 269 g/mol. The minimum absolute atomic E-state index is 0.103. The first-order chi connectivity index (χ1) is 7.25. The van der Waals surface area contributed by atoms with Crippen LogP contribution in [0.4, 0.5) is 5.69 Å². The summed E-state index contributed by atoms with van der Waals surface area (Å²) in [5, 5.41) is 2.88. The predicted molar refractivity (Wildman–Crippen MR) is 62.5 cm³/mol. The normalized spacial score (nSPS) is 15.8. The predicted octanol–water partition coefficient (Wildman–Crippen LogP) is 2.97. The summed E-state index contributed by atoms with van der Waals surface area (Å²) >= 11 is 3.34. The molecule has 0 aliphatic heterocycles. The van der Waals surface area contributed by atoms with Gasteiger partial charge in [-0.15, -0.1) is 0 Å². The van der Waals surface area contributed by atoms with E-state index in [-0.39, 0.29) is 5.91 Å². The number of aromatic nitrogens is 1. The van der Waals surface area contributed by atoms with Gasteiger partial charge in [-0.25, -0.2) is 0 Å². The number of carbonyl (C=O) groups excluding carboxylic acids is 1. The van der Waals surface area contributed by atoms with E-state index >= 15 is 0 Å². The smallest absolute Gasteiger partial charge is 0.224 e. The molecule has 1 N–H and O–H groups in total. The third kappa shape index (κ3) is 2.78. The van der Waals surface area contributed by atoms with Crippen molar-refractivity contribution in [3.05, 3.63) is 22.9 Å². The number of carbonyl (C=O) groups is 1. The molecule has 0 atom stereocenters. The highest BCUT2D eigenvalue weighted by Crippen LogP contribution is 2.30. The van der Waals surface area contributed by atoms with Gasteiger partial charge in [0.05, 0.1) is 10.2 Å². The van der Waals surface area contributed by atoms with Gasteiger partial charge in [-0.3, -0.25) is 9.78 Å². The lowest BCUT2D eigenvalue weighted by Crippen LogP contribution is -2.21. The third-order valence-electron chi connectivity index (χ3n) is 2.75. The maximum Gasteiger partial charge on any atom is 0.224 e. The van der Waals surface area contributed by atoms with Crippen molar-refractivity contribution in [2.24, 2.45) is 5.92 Å². The highest BCUT2D eigenvalue weighted by atomic mass is 79.9. The first kappa shape index (κ1) is 10.6. The van der Waals surface area contributed by atoms with E-state index in [1.54, 1.807) is 18.5 Å². The second kappa shape index (κ2) is 4.75. The molecular formula is C11H13BrN2O. The Bertz CT molecular complexity index is 363. The minimum Gasteiger partial charge on any atom is -0.325 e. The highest BCUT2D eigenvalue weighted by molar-refractivity contribution is 9.10. The van der Waals surface area contributed by atoms with Crippen LogP contribution in [0.25, 0.3) is 0 Å². The van der Waals surface area contributed by atoms with Gasteiger partial charge in [-0.2, -0.15) is 0 Å². The molecule has 1 heterocycles. The van der Waals surface area contributed by atoms with Crippen LogP contribution in [0.3, 0.4) is 0 Å². The Kier molecular flexibility index (Phi) is 3.36. The van der Waals surface area contributed by atoms with Gasteiger partial charge in [0.2, 0.25) is 5.91 Å². The van der Waals surface area contributed by atoms with Gasteiger partial charge >= 0.3 is 0 Å². The maximum atomic E-state index is 11.6. The van der Waals surface area contributed by atoms with Crippen LogP contribution in [0.5, 0.6) is 0 Å². The van der Waals surface area contributed by atoms with E-state index in [0.29, 0.717) is 12.3 Å². The number of nitrogens with one attached hydrogen (secondary N) is 1. The first-order valence-electron chi connectivity index (χ1n) is 5.15. The van der Waals surface area contributed by atoms with Crippen LogP contribution in [0.2, 0.25) is 0 Å². The van der Waals surface area contributed by atoms with E-state index in [9.17, 15) is 4.79 Å². The Morgan fingerprint density at radius 2 is 2.40 bits per heavy atom. The van der Waals surface area contributed by atoms with E-state index in [4.69, 9.17) is 0 Å². The van der Waals surface area contributed by atoms with E-state index in [1.807, 2.05) is 0 Å². The van der Waals surface area contributed by atoms with Crippen LogP contribution in [0.1, 0.15) is 25.7 Å². The Balaban J connectivity index is 1.90. The summed E-state index contributed by atoms with van der Waals surface area (Å²) in [6.45, 7) is 0. The van der Waals surface area contributed by atoms with Crippen molar-refractivity contribution in [2.45, 2.75) is 25.7 Å². The summed E-state index contributed by atoms with van der Waals surface area (Å²) in [7, 11) is 0. The fourth-order valence-corrected chi connectivity index (χ4v) is 1.99. The van der Waals surface area contributed by atoms with Crippen LogP contribution in [0, 0.1) is 5.92 Å². The van der Waals surface area contributed by atoms with Crippen LogP contribution >= 0.6 is 15.9 Å². The van der Waals surface area contributed by atoms with Crippen molar-refractivity contribution in [3.63, 3.8) is 0 Å². The molecule has 0 spiro atoms. The lowest BCUT2D eigenvalue weighted by molar-refractivity contribution is -0.117. The Labute approximate surface area is 97.4 Å². The monoisotopic (exact) mass is 268 g/mol. The molecule has 0 radical (unpaired) electrons. The number of pyridine rings is 1. The quantitative estimate of drug-likeness (QED) is 0.916. The van der Waals surface area contributed by atoms with Gasteiger partial charge in [-0.05, 0) is 40.8 Å². The van der Waals surface area contributed by atoms with Gasteiger partial charge in [0.1, 0.15) is 0 Å². The minimum atomic E-state index is 0.103. The SMILES string of the molecule is O=C(CC1CCC1)Nc1ccncc1Br. The van der Waals surface area contributed by atoms with Crippen LogP contribution in [-0.4, -0.2) is 10.9 Å². The number of halogens is 1. The maximum absolute atomic E-state index is 11.6. The summed E-state index contributed by atoms with van der Waals surface area (Å²) in [6, 6.07) is 1.79. The fraction of sp³-hybridized carbons (Fsp3) is 0.455. The number of hydrogen-bond donors (Lipinski definition) is 1. The fourth-order valence-electron chi connectivity index (χ4n) is 1.64. The zero-order valence-electron chi connectivity index (χ0n) is 8.37. The van der Waals surface area contributed by atoms with Gasteiger partial charge in [0.25, 0.3) is 0 Å². The zero-order chi connectivity index (χ0) is 10.7. The summed E-state index contributed by atoms with van der Waals surface area (Å²) < 4.78 is 0.826. The van der Waals surface area contributed by atoms with Gasteiger partial charge < -0.3 is 5.32 Å². The van der Waals surface area contributed by atoms with Crippen LogP contribution in [0.15, 0.2) is 22.9 Å². The molecule has 0 bridgehead atoms. The lowest BCUT2D eigenvalue weighted by Gasteiger charge is -2.24. The van der Waals surface area contributed by atoms with Crippen molar-refractivity contribution >= 4 is 27.5 Å². The van der Waals surface area contributed by atoms with Crippen LogP contribution in [-0.2, 0) is 4.79 Å². The molecule has 1 aliphatic carbocycles. The summed E-state index contributed by atoms with van der Waals surface area (Å²) in [5.74, 6) is 0.706.